The van der Waals surface area contributed by atoms with E-state index in [0.29, 0.717) is 23.5 Å². The van der Waals surface area contributed by atoms with Gasteiger partial charge in [-0.1, -0.05) is 24.3 Å². The molecule has 1 fully saturated rings. The molecule has 0 aromatic heterocycles. The van der Waals surface area contributed by atoms with Gasteiger partial charge in [0, 0.05) is 12.2 Å². The maximum atomic E-state index is 12.7. The molecular weight excluding hydrogens is 342 g/mol. The summed E-state index contributed by atoms with van der Waals surface area (Å²) < 4.78 is 0. The predicted octanol–water partition coefficient (Wildman–Crippen LogP) is 2.64. The van der Waals surface area contributed by atoms with E-state index in [2.05, 4.69) is 10.6 Å². The summed E-state index contributed by atoms with van der Waals surface area (Å²) in [7, 11) is 0. The Hall–Kier alpha value is -2.70. The van der Waals surface area contributed by atoms with Crippen LogP contribution in [0, 0.1) is 6.92 Å². The first kappa shape index (κ1) is 19.1. The van der Waals surface area contributed by atoms with Gasteiger partial charge >= 0.3 is 0 Å². The lowest BCUT2D eigenvalue weighted by Gasteiger charge is -2.29. The van der Waals surface area contributed by atoms with E-state index in [9.17, 15) is 14.7 Å². The molecule has 2 amide bonds. The second-order valence-electron chi connectivity index (χ2n) is 6.95. The van der Waals surface area contributed by atoms with E-state index >= 15 is 0 Å². The van der Waals surface area contributed by atoms with Crippen molar-refractivity contribution in [2.75, 3.05) is 30.3 Å². The van der Waals surface area contributed by atoms with Crippen LogP contribution in [0.4, 0.5) is 11.4 Å². The molecule has 0 bridgehead atoms. The van der Waals surface area contributed by atoms with Gasteiger partial charge in [0.1, 0.15) is 0 Å². The first-order valence-electron chi connectivity index (χ1n) is 9.18. The number of nitrogens with one attached hydrogen (secondary N) is 2. The zero-order valence-corrected chi connectivity index (χ0v) is 15.4. The Balaban J connectivity index is 1.66. The molecule has 27 heavy (non-hydrogen) atoms. The molecule has 0 unspecified atom stereocenters. The van der Waals surface area contributed by atoms with Crippen LogP contribution in [0.3, 0.4) is 0 Å². The number of hydrogen-bond donors (Lipinski definition) is 3. The fourth-order valence-corrected chi connectivity index (χ4v) is 3.28. The third-order valence-corrected chi connectivity index (χ3v) is 4.57. The summed E-state index contributed by atoms with van der Waals surface area (Å²) in [6.07, 6.45) is 1.28. The highest BCUT2D eigenvalue weighted by molar-refractivity contribution is 6.10. The van der Waals surface area contributed by atoms with Crippen molar-refractivity contribution in [2.24, 2.45) is 0 Å². The number of β-amino-alcohol motifs (C(OH)–C–C–N with tert-alkyl or cyclic N) is 1. The molecule has 1 saturated heterocycles. The second kappa shape index (κ2) is 8.79. The number of para-hydroxylation sites is 1. The number of carbonyl (C=O) groups is 2. The van der Waals surface area contributed by atoms with E-state index in [1.54, 1.807) is 24.3 Å². The van der Waals surface area contributed by atoms with Gasteiger partial charge in [0.25, 0.3) is 5.91 Å². The molecule has 1 aliphatic rings. The van der Waals surface area contributed by atoms with Gasteiger partial charge in [-0.3, -0.25) is 14.5 Å². The molecular formula is C21H25N3O3. The number of aliphatic hydroxyl groups is 1. The van der Waals surface area contributed by atoms with Crippen LogP contribution >= 0.6 is 0 Å². The monoisotopic (exact) mass is 367 g/mol. The maximum Gasteiger partial charge on any atom is 0.257 e. The molecule has 6 nitrogen and oxygen atoms in total. The topological polar surface area (TPSA) is 81.7 Å². The lowest BCUT2D eigenvalue weighted by Crippen LogP contribution is -2.42. The quantitative estimate of drug-likeness (QED) is 0.759. The number of rotatable bonds is 5. The van der Waals surface area contributed by atoms with Crippen molar-refractivity contribution in [2.45, 2.75) is 25.9 Å². The molecule has 0 radical (unpaired) electrons. The van der Waals surface area contributed by atoms with Crippen LogP contribution in [0.2, 0.25) is 0 Å². The minimum atomic E-state index is -0.376. The smallest absolute Gasteiger partial charge is 0.257 e. The van der Waals surface area contributed by atoms with Gasteiger partial charge in [-0.05, 0) is 56.1 Å². The van der Waals surface area contributed by atoms with Crippen molar-refractivity contribution in [1.29, 1.82) is 0 Å². The molecule has 3 rings (SSSR count). The van der Waals surface area contributed by atoms with Crippen molar-refractivity contribution in [3.05, 3.63) is 59.7 Å². The number of hydrogen-bond acceptors (Lipinski definition) is 4. The van der Waals surface area contributed by atoms with Crippen molar-refractivity contribution in [3.63, 3.8) is 0 Å². The van der Waals surface area contributed by atoms with Crippen LogP contribution in [0.15, 0.2) is 48.5 Å². The lowest BCUT2D eigenvalue weighted by atomic mass is 10.1. The normalized spacial score (nSPS) is 17.3. The molecule has 142 valence electrons. The van der Waals surface area contributed by atoms with Gasteiger partial charge in [0.05, 0.1) is 23.9 Å². The first-order valence-corrected chi connectivity index (χ1v) is 9.18. The molecule has 2 aromatic carbocycles. The lowest BCUT2D eigenvalue weighted by molar-refractivity contribution is -0.118. The molecule has 3 N–H and O–H groups in total. The van der Waals surface area contributed by atoms with Crippen LogP contribution in [0.5, 0.6) is 0 Å². The summed E-state index contributed by atoms with van der Waals surface area (Å²) in [5.41, 5.74) is 2.65. The third kappa shape index (κ3) is 5.39. The van der Waals surface area contributed by atoms with Gasteiger partial charge < -0.3 is 15.7 Å². The number of anilines is 2. The molecule has 2 aromatic rings. The zero-order valence-electron chi connectivity index (χ0n) is 15.4. The highest BCUT2D eigenvalue weighted by Gasteiger charge is 2.20. The van der Waals surface area contributed by atoms with Gasteiger partial charge in [0.2, 0.25) is 5.91 Å². The number of amides is 2. The fourth-order valence-electron chi connectivity index (χ4n) is 3.28. The van der Waals surface area contributed by atoms with Crippen LogP contribution in [0.25, 0.3) is 0 Å². The summed E-state index contributed by atoms with van der Waals surface area (Å²) >= 11 is 0. The Bertz CT molecular complexity index is 822. The molecule has 1 atom stereocenters. The average molecular weight is 367 g/mol. The molecule has 0 aliphatic carbocycles. The average Bonchev–Trinajstić information content (AvgIpc) is 2.62. The fraction of sp³-hybridized carbons (Fsp3) is 0.333. The van der Waals surface area contributed by atoms with E-state index in [1.165, 1.54) is 0 Å². The van der Waals surface area contributed by atoms with Crippen LogP contribution in [0.1, 0.15) is 28.8 Å². The maximum absolute atomic E-state index is 12.7. The van der Waals surface area contributed by atoms with Crippen LogP contribution < -0.4 is 10.6 Å². The summed E-state index contributed by atoms with van der Waals surface area (Å²) in [5, 5.41) is 15.4. The second-order valence-corrected chi connectivity index (χ2v) is 6.95. The van der Waals surface area contributed by atoms with Crippen LogP contribution in [-0.4, -0.2) is 47.6 Å². The predicted molar refractivity (Wildman–Crippen MR) is 106 cm³/mol. The SMILES string of the molecule is Cc1cccc(NC(=O)c2ccccc2NC(=O)CN2CCC[C@@H](O)C2)c1. The summed E-state index contributed by atoms with van der Waals surface area (Å²) in [6, 6.07) is 14.5. The number of piperidine rings is 1. The van der Waals surface area contributed by atoms with E-state index < -0.39 is 0 Å². The van der Waals surface area contributed by atoms with Crippen molar-refractivity contribution >= 4 is 23.2 Å². The molecule has 0 spiro atoms. The van der Waals surface area contributed by atoms with Gasteiger partial charge in [-0.2, -0.15) is 0 Å². The van der Waals surface area contributed by atoms with Crippen LogP contribution in [-0.2, 0) is 4.79 Å². The number of benzene rings is 2. The number of aliphatic hydroxyl groups excluding tert-OH is 1. The van der Waals surface area contributed by atoms with Gasteiger partial charge in [-0.25, -0.2) is 0 Å². The Morgan fingerprint density at radius 2 is 1.96 bits per heavy atom. The van der Waals surface area contributed by atoms with Gasteiger partial charge in [0.15, 0.2) is 0 Å². The van der Waals surface area contributed by atoms with E-state index in [0.717, 1.165) is 24.9 Å². The molecule has 0 saturated carbocycles. The summed E-state index contributed by atoms with van der Waals surface area (Å²) in [4.78, 5) is 27.0. The third-order valence-electron chi connectivity index (χ3n) is 4.57. The summed E-state index contributed by atoms with van der Waals surface area (Å²) in [6.45, 7) is 3.45. The standard InChI is InChI=1S/C21H25N3O3/c1-15-6-4-7-16(12-15)22-21(27)18-9-2-3-10-19(18)23-20(26)14-24-11-5-8-17(25)13-24/h2-4,6-7,9-10,12,17,25H,5,8,11,13-14H2,1H3,(H,22,27)(H,23,26)/t17-/m1/s1. The van der Waals surface area contributed by atoms with E-state index in [-0.39, 0.29) is 24.5 Å². The van der Waals surface area contributed by atoms with E-state index in [4.69, 9.17) is 0 Å². The zero-order chi connectivity index (χ0) is 19.2. The number of likely N-dealkylation sites (tertiary alicyclic amines) is 1. The minimum Gasteiger partial charge on any atom is -0.392 e. The van der Waals surface area contributed by atoms with Gasteiger partial charge in [-0.15, -0.1) is 0 Å². The Morgan fingerprint density at radius 1 is 1.15 bits per heavy atom. The highest BCUT2D eigenvalue weighted by atomic mass is 16.3. The highest BCUT2D eigenvalue weighted by Crippen LogP contribution is 2.18. The first-order chi connectivity index (χ1) is 13.0. The van der Waals surface area contributed by atoms with Crippen molar-refractivity contribution in [3.8, 4) is 0 Å². The van der Waals surface area contributed by atoms with Crippen molar-refractivity contribution < 1.29 is 14.7 Å². The molecule has 6 heteroatoms. The van der Waals surface area contributed by atoms with Crippen molar-refractivity contribution in [1.82, 2.24) is 4.90 Å². The van der Waals surface area contributed by atoms with E-state index in [1.807, 2.05) is 36.1 Å². The molecule has 1 aliphatic heterocycles. The molecule has 1 heterocycles. The Labute approximate surface area is 159 Å². The number of aryl methyl sites for hydroxylation is 1. The summed E-state index contributed by atoms with van der Waals surface area (Å²) in [5.74, 6) is -0.468. The Morgan fingerprint density at radius 3 is 2.74 bits per heavy atom. The Kier molecular flexibility index (Phi) is 6.21. The largest absolute Gasteiger partial charge is 0.392 e. The minimum absolute atomic E-state index is 0.195. The number of nitrogens with zero attached hydrogens (tertiary/aromatic N) is 1. The number of carbonyl (C=O) groups excluding carboxylic acids is 2.